The predicted molar refractivity (Wildman–Crippen MR) is 174 cm³/mol. The van der Waals surface area contributed by atoms with Crippen LogP contribution in [0, 0.1) is 46.5 Å². The minimum atomic E-state index is -5.19. The van der Waals surface area contributed by atoms with Gasteiger partial charge in [0.2, 0.25) is 34.8 Å². The van der Waals surface area contributed by atoms with E-state index in [9.17, 15) is 25.9 Å². The molecule has 0 saturated heterocycles. The van der Waals surface area contributed by atoms with Crippen LogP contribution in [0.25, 0.3) is 32.7 Å². The molecule has 0 aliphatic carbocycles. The highest BCUT2D eigenvalue weighted by molar-refractivity contribution is 7.86. The average molecular weight is 807 g/mol. The second kappa shape index (κ2) is 13.1. The average Bonchev–Trinajstić information content (AvgIpc) is 3.06. The van der Waals surface area contributed by atoms with Gasteiger partial charge in [0.1, 0.15) is 11.5 Å². The maximum Gasteiger partial charge on any atom is 0.294 e. The van der Waals surface area contributed by atoms with Gasteiger partial charge in [-0.25, -0.2) is 17.6 Å². The van der Waals surface area contributed by atoms with Crippen LogP contribution in [0.4, 0.5) is 35.1 Å². The summed E-state index contributed by atoms with van der Waals surface area (Å²) in [5, 5.41) is -0.365. The van der Waals surface area contributed by atoms with Crippen molar-refractivity contribution in [2.24, 2.45) is 0 Å². The molecule has 0 fully saturated rings. The maximum atomic E-state index is 15.5. The van der Waals surface area contributed by atoms with Gasteiger partial charge < -0.3 is 9.47 Å². The highest BCUT2D eigenvalue weighted by Crippen LogP contribution is 2.45. The molecule has 0 unspecified atom stereocenters. The Kier molecular flexibility index (Phi) is 9.37. The van der Waals surface area contributed by atoms with E-state index in [0.29, 0.717) is 34.5 Å². The molecule has 0 aliphatic heterocycles. The molecule has 0 aromatic heterocycles. The second-order valence-electron chi connectivity index (χ2n) is 10.7. The summed E-state index contributed by atoms with van der Waals surface area (Å²) >= 11 is 8.31. The van der Waals surface area contributed by atoms with Crippen LogP contribution in [0.5, 0.6) is 23.0 Å². The number of halogens is 8. The van der Waals surface area contributed by atoms with Crippen molar-refractivity contribution in [3.63, 3.8) is 0 Å². The number of benzene rings is 6. The zero-order chi connectivity index (χ0) is 38.2. The van der Waals surface area contributed by atoms with Crippen molar-refractivity contribution in [3.05, 3.63) is 107 Å². The molecule has 0 aliphatic rings. The van der Waals surface area contributed by atoms with Gasteiger partial charge in [0.15, 0.2) is 23.3 Å². The third kappa shape index (κ3) is 6.49. The van der Waals surface area contributed by atoms with Crippen LogP contribution in [0.1, 0.15) is 0 Å². The van der Waals surface area contributed by atoms with Crippen molar-refractivity contribution in [2.75, 3.05) is 0 Å². The number of hydrogen-bond donors (Lipinski definition) is 4. The largest absolute Gasteiger partial charge is 0.450 e. The van der Waals surface area contributed by atoms with E-state index < -0.39 is 116 Å². The molecule has 0 radical (unpaired) electrons. The third-order valence-corrected chi connectivity index (χ3v) is 9.68. The fourth-order valence-electron chi connectivity index (χ4n) is 5.13. The smallest absolute Gasteiger partial charge is 0.294 e. The molecule has 270 valence electrons. The molecule has 6 aromatic carbocycles. The van der Waals surface area contributed by atoms with Crippen LogP contribution in [0.2, 0.25) is 0 Å². The van der Waals surface area contributed by atoms with Gasteiger partial charge in [-0.3, -0.25) is 9.11 Å². The van der Waals surface area contributed by atoms with Gasteiger partial charge in [-0.05, 0) is 65.4 Å². The van der Waals surface area contributed by atoms with E-state index in [1.807, 2.05) is 0 Å². The lowest BCUT2D eigenvalue weighted by atomic mass is 10.0. The Morgan fingerprint density at radius 3 is 1.31 bits per heavy atom. The summed E-state index contributed by atoms with van der Waals surface area (Å²) in [4.78, 5) is -1.31. The van der Waals surface area contributed by atoms with Gasteiger partial charge >= 0.3 is 0 Å². The van der Waals surface area contributed by atoms with Crippen molar-refractivity contribution in [2.45, 2.75) is 19.6 Å². The van der Waals surface area contributed by atoms with Crippen LogP contribution in [-0.2, 0) is 20.2 Å². The first kappa shape index (κ1) is 37.2. The molecule has 20 heteroatoms. The molecule has 0 amide bonds. The first-order valence-electron chi connectivity index (χ1n) is 13.8. The molecular weight excluding hydrogens is 793 g/mol. The van der Waals surface area contributed by atoms with Gasteiger partial charge in [0.05, 0.1) is 20.9 Å². The van der Waals surface area contributed by atoms with Crippen LogP contribution < -0.4 is 9.47 Å². The summed E-state index contributed by atoms with van der Waals surface area (Å²) in [6.07, 6.45) is 0. The van der Waals surface area contributed by atoms with Crippen molar-refractivity contribution < 1.29 is 70.5 Å². The highest BCUT2D eigenvalue weighted by atomic mass is 32.2. The van der Waals surface area contributed by atoms with Gasteiger partial charge in [0.25, 0.3) is 20.2 Å². The molecule has 8 nitrogen and oxygen atoms in total. The van der Waals surface area contributed by atoms with E-state index in [4.69, 9.17) is 9.47 Å². The number of fused-ring (bicyclic) bond motifs is 2. The highest BCUT2D eigenvalue weighted by Gasteiger charge is 2.36. The summed E-state index contributed by atoms with van der Waals surface area (Å²) in [6.45, 7) is 0. The number of rotatable bonds is 7. The van der Waals surface area contributed by atoms with Crippen molar-refractivity contribution in [3.8, 4) is 34.1 Å². The fourth-order valence-corrected chi connectivity index (χ4v) is 6.65. The minimum absolute atomic E-state index is 0.157. The number of ether oxygens (including phenoxy) is 2. The molecule has 0 atom stereocenters. The van der Waals surface area contributed by atoms with Crippen molar-refractivity contribution in [1.29, 1.82) is 0 Å². The maximum absolute atomic E-state index is 15.5. The molecule has 0 saturated carbocycles. The van der Waals surface area contributed by atoms with Gasteiger partial charge in [0, 0.05) is 26.6 Å². The zero-order valence-electron chi connectivity index (χ0n) is 24.9. The Morgan fingerprint density at radius 2 is 0.846 bits per heavy atom. The van der Waals surface area contributed by atoms with Crippen molar-refractivity contribution >= 4 is 67.0 Å². The normalized spacial score (nSPS) is 12.2. The van der Waals surface area contributed by atoms with Crippen LogP contribution in [0.15, 0.2) is 80.2 Å². The summed E-state index contributed by atoms with van der Waals surface area (Å²) in [5.41, 5.74) is -4.49. The first-order valence-corrected chi connectivity index (χ1v) is 17.5. The molecule has 2 N–H and O–H groups in total. The molecule has 0 bridgehead atoms. The molecule has 0 spiro atoms. The molecule has 6 rings (SSSR count). The number of thiol groups is 2. The van der Waals surface area contributed by atoms with E-state index in [-0.39, 0.29) is 16.0 Å². The molecule has 6 aromatic rings. The van der Waals surface area contributed by atoms with Gasteiger partial charge in [-0.2, -0.15) is 34.4 Å². The Hall–Kier alpha value is -4.60. The van der Waals surface area contributed by atoms with E-state index in [1.165, 1.54) is 24.3 Å². The van der Waals surface area contributed by atoms with Gasteiger partial charge in [-0.1, -0.05) is 0 Å². The van der Waals surface area contributed by atoms with E-state index in [1.54, 1.807) is 0 Å². The first-order chi connectivity index (χ1) is 24.2. The standard InChI is InChI=1S/C32H14F8O8S4/c33-23-21(24(34)28(38)31(27(23)37)47-19-9-14(50)6-11-5-13(49)1-3-17(11)19)22-25(35)29(39)32(30(40)26(22)36)48-20-10-16(52(44,45)46)8-12-7-15(51(41,42)43)2-4-18(12)20/h1-10,49-50H,(H,41,42,43)(H,44,45,46). The Bertz CT molecular complexity index is 2690. The lowest BCUT2D eigenvalue weighted by Gasteiger charge is -2.17. The van der Waals surface area contributed by atoms with E-state index in [2.05, 4.69) is 25.3 Å². The third-order valence-electron chi connectivity index (χ3n) is 7.46. The summed E-state index contributed by atoms with van der Waals surface area (Å²) < 4.78 is 199. The molecule has 0 heterocycles. The lowest BCUT2D eigenvalue weighted by Crippen LogP contribution is -2.09. The fraction of sp³-hybridized carbons (Fsp3) is 0. The lowest BCUT2D eigenvalue weighted by molar-refractivity contribution is 0.362. The van der Waals surface area contributed by atoms with Crippen molar-refractivity contribution in [1.82, 2.24) is 0 Å². The van der Waals surface area contributed by atoms with Crippen LogP contribution in [-0.4, -0.2) is 25.9 Å². The Labute approximate surface area is 297 Å². The van der Waals surface area contributed by atoms with Crippen LogP contribution >= 0.6 is 25.3 Å². The number of hydrogen-bond acceptors (Lipinski definition) is 8. The van der Waals surface area contributed by atoms with Gasteiger partial charge in [-0.15, -0.1) is 25.3 Å². The second-order valence-corrected chi connectivity index (χ2v) is 14.6. The SMILES string of the molecule is O=S(=O)(O)c1ccc2c(Oc3c(F)c(F)c(-c4c(F)c(F)c(Oc5cc(S)cc6cc(S)ccc56)c(F)c4F)c(F)c3F)cc(S(=O)(=O)O)cc2c1. The Balaban J connectivity index is 1.49. The molecule has 52 heavy (non-hydrogen) atoms. The van der Waals surface area contributed by atoms with E-state index >= 15 is 35.1 Å². The summed E-state index contributed by atoms with van der Waals surface area (Å²) in [6, 6.07) is 10.2. The molecular formula is C32H14F8O8S4. The van der Waals surface area contributed by atoms with Crippen LogP contribution in [0.3, 0.4) is 0 Å². The predicted octanol–water partition coefficient (Wildman–Crippen LogP) is 9.43. The van der Waals surface area contributed by atoms with E-state index in [0.717, 1.165) is 12.1 Å². The Morgan fingerprint density at radius 1 is 0.462 bits per heavy atom. The summed E-state index contributed by atoms with van der Waals surface area (Å²) in [7, 11) is -10.1. The topological polar surface area (TPSA) is 127 Å². The monoisotopic (exact) mass is 806 g/mol. The minimum Gasteiger partial charge on any atom is -0.450 e. The summed E-state index contributed by atoms with van der Waals surface area (Å²) in [5.74, 6) is -25.3. The quantitative estimate of drug-likeness (QED) is 0.0544. The zero-order valence-corrected chi connectivity index (χ0v) is 28.3.